The number of anilines is 1. The first-order valence-corrected chi connectivity index (χ1v) is 11.2. The lowest BCUT2D eigenvalue weighted by Crippen LogP contribution is -2.46. The molecule has 6 nitrogen and oxygen atoms in total. The predicted molar refractivity (Wildman–Crippen MR) is 124 cm³/mol. The van der Waals surface area contributed by atoms with E-state index in [2.05, 4.69) is 16.0 Å². The van der Waals surface area contributed by atoms with Crippen LogP contribution in [0.2, 0.25) is 0 Å². The van der Waals surface area contributed by atoms with Crippen LogP contribution >= 0.6 is 23.6 Å². The Bertz CT molecular complexity index is 1160. The molecule has 1 amide bonds. The Hall–Kier alpha value is -2.92. The van der Waals surface area contributed by atoms with Crippen LogP contribution in [0.15, 0.2) is 35.5 Å². The molecule has 3 N–H and O–H groups in total. The van der Waals surface area contributed by atoms with E-state index in [0.717, 1.165) is 10.9 Å². The molecule has 3 rings (SSSR count). The van der Waals surface area contributed by atoms with Crippen molar-refractivity contribution in [3.8, 4) is 0 Å². The van der Waals surface area contributed by atoms with Crippen LogP contribution in [0.3, 0.4) is 0 Å². The zero-order valence-corrected chi connectivity index (χ0v) is 19.9. The van der Waals surface area contributed by atoms with Gasteiger partial charge in [-0.15, -0.1) is 11.3 Å². The summed E-state index contributed by atoms with van der Waals surface area (Å²) in [5.41, 5.74) is 0.215. The Morgan fingerprint density at radius 1 is 1.21 bits per heavy atom. The maximum absolute atomic E-state index is 13.7. The zero-order chi connectivity index (χ0) is 24.5. The van der Waals surface area contributed by atoms with Crippen LogP contribution in [0.1, 0.15) is 51.8 Å². The Balaban J connectivity index is 2.06. The second-order valence-electron chi connectivity index (χ2n) is 7.32. The number of nitrogens with one attached hydrogen (secondary N) is 3. The summed E-state index contributed by atoms with van der Waals surface area (Å²) in [5, 5.41) is 8.65. The second kappa shape index (κ2) is 9.52. The average Bonchev–Trinajstić information content (AvgIpc) is 2.99. The van der Waals surface area contributed by atoms with Crippen molar-refractivity contribution in [1.29, 1.82) is 0 Å². The van der Waals surface area contributed by atoms with Gasteiger partial charge >= 0.3 is 12.1 Å². The Labute approximate surface area is 198 Å². The van der Waals surface area contributed by atoms with Crippen molar-refractivity contribution in [2.24, 2.45) is 0 Å². The maximum atomic E-state index is 13.7. The molecule has 1 aromatic heterocycles. The lowest BCUT2D eigenvalue weighted by molar-refractivity contribution is -0.138. The van der Waals surface area contributed by atoms with Gasteiger partial charge < -0.3 is 20.7 Å². The molecule has 33 heavy (non-hydrogen) atoms. The molecule has 0 aliphatic carbocycles. The molecule has 1 aromatic carbocycles. The minimum Gasteiger partial charge on any atom is -0.462 e. The van der Waals surface area contributed by atoms with E-state index in [1.54, 1.807) is 27.7 Å². The standard InChI is InChI=1S/C22H22F3N3O3S2/c1-5-31-20(30)15-10(2)12(4)33-19(15)28-18(29)16-11(3)26-21(32)27-17(16)13-8-6-7-9-14(13)22(23,24)25/h6-9,17H,5H2,1-4H3,(H,28,29)(H2,26,27,32)/t17-/m0/s1. The molecular weight excluding hydrogens is 475 g/mol. The van der Waals surface area contributed by atoms with Gasteiger partial charge in [0.15, 0.2) is 5.11 Å². The molecule has 0 bridgehead atoms. The number of carbonyl (C=O) groups excluding carboxylic acids is 2. The number of hydrogen-bond donors (Lipinski definition) is 3. The maximum Gasteiger partial charge on any atom is 0.416 e. The van der Waals surface area contributed by atoms with E-state index in [1.807, 2.05) is 0 Å². The lowest BCUT2D eigenvalue weighted by atomic mass is 9.91. The van der Waals surface area contributed by atoms with Crippen molar-refractivity contribution in [3.63, 3.8) is 0 Å². The SMILES string of the molecule is CCOC(=O)c1c(NC(=O)C2=C(C)NC(=S)N[C@H]2c2ccccc2C(F)(F)F)sc(C)c1C. The number of rotatable bonds is 5. The highest BCUT2D eigenvalue weighted by Gasteiger charge is 2.39. The first-order valence-electron chi connectivity index (χ1n) is 9.98. The lowest BCUT2D eigenvalue weighted by Gasteiger charge is -2.31. The first-order chi connectivity index (χ1) is 15.5. The fourth-order valence-corrected chi connectivity index (χ4v) is 4.88. The molecular formula is C22H22F3N3O3S2. The van der Waals surface area contributed by atoms with E-state index in [9.17, 15) is 22.8 Å². The molecule has 1 atom stereocenters. The van der Waals surface area contributed by atoms with Gasteiger partial charge in [-0.2, -0.15) is 13.2 Å². The van der Waals surface area contributed by atoms with Crippen LogP contribution in [0.4, 0.5) is 18.2 Å². The normalized spacial score (nSPS) is 16.2. The van der Waals surface area contributed by atoms with Crippen LogP contribution in [-0.4, -0.2) is 23.6 Å². The van der Waals surface area contributed by atoms with Crippen molar-refractivity contribution in [1.82, 2.24) is 10.6 Å². The van der Waals surface area contributed by atoms with Crippen LogP contribution in [0.25, 0.3) is 0 Å². The molecule has 2 aromatic rings. The Morgan fingerprint density at radius 2 is 1.88 bits per heavy atom. The highest BCUT2D eigenvalue weighted by atomic mass is 32.1. The van der Waals surface area contributed by atoms with E-state index in [-0.39, 0.29) is 33.4 Å². The van der Waals surface area contributed by atoms with Gasteiger partial charge in [0.1, 0.15) is 5.00 Å². The van der Waals surface area contributed by atoms with Gasteiger partial charge in [-0.25, -0.2) is 4.79 Å². The minimum atomic E-state index is -4.63. The van der Waals surface area contributed by atoms with Gasteiger partial charge in [0, 0.05) is 10.6 Å². The summed E-state index contributed by atoms with van der Waals surface area (Å²) in [6.07, 6.45) is -4.63. The van der Waals surface area contributed by atoms with Gasteiger partial charge in [-0.1, -0.05) is 18.2 Å². The highest BCUT2D eigenvalue weighted by Crippen LogP contribution is 2.39. The fraction of sp³-hybridized carbons (Fsp3) is 0.318. The first kappa shape index (κ1) is 24.7. The van der Waals surface area contributed by atoms with Gasteiger partial charge in [0.25, 0.3) is 5.91 Å². The Kier molecular flexibility index (Phi) is 7.13. The summed E-state index contributed by atoms with van der Waals surface area (Å²) in [7, 11) is 0. The van der Waals surface area contributed by atoms with Gasteiger partial charge in [-0.05, 0) is 57.1 Å². The molecule has 1 aliphatic rings. The summed E-state index contributed by atoms with van der Waals surface area (Å²) < 4.78 is 46.2. The number of hydrogen-bond acceptors (Lipinski definition) is 5. The number of carbonyl (C=O) groups is 2. The van der Waals surface area contributed by atoms with Crippen LogP contribution in [-0.2, 0) is 15.7 Å². The third-order valence-corrected chi connectivity index (χ3v) is 6.53. The molecule has 0 saturated heterocycles. The third-order valence-electron chi connectivity index (χ3n) is 5.18. The molecule has 2 heterocycles. The van der Waals surface area contributed by atoms with Gasteiger partial charge in [-0.3, -0.25) is 4.79 Å². The van der Waals surface area contributed by atoms with Crippen molar-refractivity contribution < 1.29 is 27.5 Å². The predicted octanol–water partition coefficient (Wildman–Crippen LogP) is 4.99. The van der Waals surface area contributed by atoms with E-state index in [1.165, 1.54) is 29.5 Å². The van der Waals surface area contributed by atoms with Crippen molar-refractivity contribution in [2.45, 2.75) is 39.9 Å². The molecule has 0 saturated carbocycles. The monoisotopic (exact) mass is 497 g/mol. The molecule has 11 heteroatoms. The second-order valence-corrected chi connectivity index (χ2v) is 8.95. The van der Waals surface area contributed by atoms with E-state index >= 15 is 0 Å². The average molecular weight is 498 g/mol. The zero-order valence-electron chi connectivity index (χ0n) is 18.3. The molecule has 0 spiro atoms. The summed E-state index contributed by atoms with van der Waals surface area (Å²) >= 11 is 6.33. The number of halogens is 3. The topological polar surface area (TPSA) is 79.5 Å². The van der Waals surface area contributed by atoms with Crippen molar-refractivity contribution >= 4 is 45.5 Å². The molecule has 1 aliphatic heterocycles. The molecule has 0 fully saturated rings. The number of thiocarbonyl (C=S) groups is 1. The number of aryl methyl sites for hydroxylation is 1. The molecule has 0 radical (unpaired) electrons. The number of alkyl halides is 3. The fourth-order valence-electron chi connectivity index (χ4n) is 3.57. The number of benzene rings is 1. The smallest absolute Gasteiger partial charge is 0.416 e. The minimum absolute atomic E-state index is 0.0267. The van der Waals surface area contributed by atoms with Gasteiger partial charge in [0.2, 0.25) is 0 Å². The van der Waals surface area contributed by atoms with E-state index < -0.39 is 29.7 Å². The molecule has 176 valence electrons. The van der Waals surface area contributed by atoms with Crippen LogP contribution in [0.5, 0.6) is 0 Å². The number of amides is 1. The summed E-state index contributed by atoms with van der Waals surface area (Å²) in [4.78, 5) is 26.6. The van der Waals surface area contributed by atoms with Crippen molar-refractivity contribution in [3.05, 3.63) is 62.7 Å². The van der Waals surface area contributed by atoms with Gasteiger partial charge in [0.05, 0.1) is 29.3 Å². The number of esters is 1. The van der Waals surface area contributed by atoms with E-state index in [0.29, 0.717) is 11.3 Å². The molecule has 0 unspecified atom stereocenters. The van der Waals surface area contributed by atoms with Crippen LogP contribution < -0.4 is 16.0 Å². The van der Waals surface area contributed by atoms with E-state index in [4.69, 9.17) is 17.0 Å². The quantitative estimate of drug-likeness (QED) is 0.399. The summed E-state index contributed by atoms with van der Waals surface area (Å²) in [6, 6.07) is 3.86. The van der Waals surface area contributed by atoms with Crippen molar-refractivity contribution in [2.75, 3.05) is 11.9 Å². The number of thiophene rings is 1. The third kappa shape index (κ3) is 5.03. The number of allylic oxidation sites excluding steroid dienone is 1. The summed E-state index contributed by atoms with van der Waals surface area (Å²) in [5.74, 6) is -1.25. The van der Waals surface area contributed by atoms with Crippen LogP contribution in [0, 0.1) is 13.8 Å². The summed E-state index contributed by atoms with van der Waals surface area (Å²) in [6.45, 7) is 6.93. The largest absolute Gasteiger partial charge is 0.462 e. The highest BCUT2D eigenvalue weighted by molar-refractivity contribution is 7.80. The number of ether oxygens (including phenoxy) is 1. The Morgan fingerprint density at radius 3 is 2.52 bits per heavy atom.